The van der Waals surface area contributed by atoms with Crippen molar-refractivity contribution in [1.29, 1.82) is 0 Å². The van der Waals surface area contributed by atoms with E-state index in [0.29, 0.717) is 28.8 Å². The first-order valence-corrected chi connectivity index (χ1v) is 10.1. The maximum Gasteiger partial charge on any atom is 0.417 e. The van der Waals surface area contributed by atoms with Crippen LogP contribution in [-0.2, 0) is 27.2 Å². The summed E-state index contributed by atoms with van der Waals surface area (Å²) in [5.41, 5.74) is -2.78. The molecule has 2 aromatic rings. The monoisotopic (exact) mass is 474 g/mol. The van der Waals surface area contributed by atoms with Crippen molar-refractivity contribution < 1.29 is 39.6 Å². The second-order valence-corrected chi connectivity index (χ2v) is 8.37. The fourth-order valence-corrected chi connectivity index (χ4v) is 3.43. The number of nitrogens with zero attached hydrogens (tertiary/aromatic N) is 1. The van der Waals surface area contributed by atoms with Crippen LogP contribution in [0.3, 0.4) is 0 Å². The maximum atomic E-state index is 13.0. The van der Waals surface area contributed by atoms with E-state index in [1.54, 1.807) is 0 Å². The molecule has 0 radical (unpaired) electrons. The third-order valence-electron chi connectivity index (χ3n) is 3.73. The van der Waals surface area contributed by atoms with Crippen LogP contribution in [0.25, 0.3) is 0 Å². The molecule has 2 aromatic carbocycles. The minimum absolute atomic E-state index is 0.0615. The molecule has 0 unspecified atom stereocenters. The average Bonchev–Trinajstić information content (AvgIpc) is 2.58. The van der Waals surface area contributed by atoms with E-state index < -0.39 is 56.7 Å². The summed E-state index contributed by atoms with van der Waals surface area (Å²) >= 11 is 5.51. The number of amides is 1. The number of rotatable bonds is 5. The van der Waals surface area contributed by atoms with Gasteiger partial charge < -0.3 is 5.32 Å². The molecular weight excluding hydrogens is 462 g/mol. The molecule has 1 amide bonds. The van der Waals surface area contributed by atoms with Crippen molar-refractivity contribution in [1.82, 2.24) is 0 Å². The predicted octanol–water partition coefficient (Wildman–Crippen LogP) is 4.78. The maximum absolute atomic E-state index is 13.0. The predicted molar refractivity (Wildman–Crippen MR) is 98.7 cm³/mol. The SMILES string of the molecule is CS(=O)(=O)N(CC(=O)Nc1ccc(C(F)(F)F)cc1)c1ccc(Cl)c(C(F)(F)F)c1. The molecule has 5 nitrogen and oxygen atoms in total. The van der Waals surface area contributed by atoms with E-state index in [2.05, 4.69) is 5.32 Å². The third kappa shape index (κ3) is 6.02. The van der Waals surface area contributed by atoms with Gasteiger partial charge in [0.15, 0.2) is 0 Å². The lowest BCUT2D eigenvalue weighted by Gasteiger charge is -2.23. The normalized spacial score (nSPS) is 12.5. The quantitative estimate of drug-likeness (QED) is 0.634. The number of carbonyl (C=O) groups is 1. The standard InChI is InChI=1S/C17H13ClF6N2O3S/c1-30(28,29)26(12-6-7-14(18)13(8-12)17(22,23)24)9-15(27)25-11-4-2-10(3-5-11)16(19,20)21/h2-8H,9H2,1H3,(H,25,27). The zero-order chi connectivity index (χ0) is 22.9. The zero-order valence-corrected chi connectivity index (χ0v) is 16.5. The highest BCUT2D eigenvalue weighted by molar-refractivity contribution is 7.92. The van der Waals surface area contributed by atoms with Crippen LogP contribution in [0, 0.1) is 0 Å². The number of anilines is 2. The van der Waals surface area contributed by atoms with Crippen LogP contribution in [0.4, 0.5) is 37.7 Å². The summed E-state index contributed by atoms with van der Waals surface area (Å²) in [5.74, 6) is -0.983. The number of sulfonamides is 1. The van der Waals surface area contributed by atoms with Crippen LogP contribution < -0.4 is 9.62 Å². The molecule has 13 heteroatoms. The zero-order valence-electron chi connectivity index (χ0n) is 15.0. The Morgan fingerprint density at radius 1 is 1.00 bits per heavy atom. The smallest absolute Gasteiger partial charge is 0.325 e. The van der Waals surface area contributed by atoms with Crippen LogP contribution in [0.2, 0.25) is 5.02 Å². The van der Waals surface area contributed by atoms with Crippen LogP contribution >= 0.6 is 11.6 Å². The van der Waals surface area contributed by atoms with E-state index in [4.69, 9.17) is 11.6 Å². The van der Waals surface area contributed by atoms with Crippen molar-refractivity contribution >= 4 is 38.9 Å². The molecule has 0 aromatic heterocycles. The summed E-state index contributed by atoms with van der Waals surface area (Å²) in [5, 5.41) is 1.53. The Labute approximate surface area is 172 Å². The molecule has 1 N–H and O–H groups in total. The fraction of sp³-hybridized carbons (Fsp3) is 0.235. The Morgan fingerprint density at radius 3 is 2.03 bits per heavy atom. The number of halogens is 7. The van der Waals surface area contributed by atoms with E-state index in [-0.39, 0.29) is 5.69 Å². The first-order valence-electron chi connectivity index (χ1n) is 7.90. The fourth-order valence-electron chi connectivity index (χ4n) is 2.36. The Kier molecular flexibility index (Phi) is 6.62. The summed E-state index contributed by atoms with van der Waals surface area (Å²) in [7, 11) is -4.19. The van der Waals surface area contributed by atoms with Gasteiger partial charge >= 0.3 is 12.4 Å². The number of hydrogen-bond acceptors (Lipinski definition) is 3. The lowest BCUT2D eigenvalue weighted by atomic mass is 10.2. The van der Waals surface area contributed by atoms with Crippen molar-refractivity contribution in [3.63, 3.8) is 0 Å². The second-order valence-electron chi connectivity index (χ2n) is 6.05. The van der Waals surface area contributed by atoms with E-state index in [0.717, 1.165) is 24.3 Å². The molecule has 164 valence electrons. The molecule has 0 spiro atoms. The van der Waals surface area contributed by atoms with Gasteiger partial charge in [-0.1, -0.05) is 11.6 Å². The van der Waals surface area contributed by atoms with Crippen molar-refractivity contribution in [3.05, 3.63) is 58.6 Å². The number of hydrogen-bond donors (Lipinski definition) is 1. The Morgan fingerprint density at radius 2 is 1.57 bits per heavy atom. The third-order valence-corrected chi connectivity index (χ3v) is 5.20. The van der Waals surface area contributed by atoms with Gasteiger partial charge in [0.2, 0.25) is 15.9 Å². The Hall–Kier alpha value is -2.47. The van der Waals surface area contributed by atoms with Gasteiger partial charge in [-0.3, -0.25) is 9.10 Å². The highest BCUT2D eigenvalue weighted by Crippen LogP contribution is 2.37. The highest BCUT2D eigenvalue weighted by Gasteiger charge is 2.35. The molecule has 0 saturated heterocycles. The Bertz CT molecular complexity index is 1040. The number of carbonyl (C=O) groups excluding carboxylic acids is 1. The molecular formula is C17H13ClF6N2O3S. The molecule has 2 rings (SSSR count). The first kappa shape index (κ1) is 23.8. The van der Waals surface area contributed by atoms with Crippen molar-refractivity contribution in [2.75, 3.05) is 22.4 Å². The summed E-state index contributed by atoms with van der Waals surface area (Å²) < 4.78 is 101. The van der Waals surface area contributed by atoms with Crippen molar-refractivity contribution in [3.8, 4) is 0 Å². The molecule has 0 saturated carbocycles. The highest BCUT2D eigenvalue weighted by atomic mass is 35.5. The molecule has 0 aliphatic carbocycles. The van der Waals surface area contributed by atoms with Crippen LogP contribution in [0.5, 0.6) is 0 Å². The van der Waals surface area contributed by atoms with Gasteiger partial charge in [-0.2, -0.15) is 26.3 Å². The molecule has 0 aliphatic rings. The molecule has 0 aliphatic heterocycles. The van der Waals surface area contributed by atoms with Gasteiger partial charge in [-0.25, -0.2) is 8.42 Å². The van der Waals surface area contributed by atoms with Gasteiger partial charge in [0, 0.05) is 5.69 Å². The van der Waals surface area contributed by atoms with E-state index >= 15 is 0 Å². The molecule has 0 heterocycles. The average molecular weight is 475 g/mol. The Balaban J connectivity index is 2.27. The molecule has 0 atom stereocenters. The largest absolute Gasteiger partial charge is 0.417 e. The van der Waals surface area contributed by atoms with Gasteiger partial charge in [0.05, 0.1) is 28.1 Å². The number of nitrogens with one attached hydrogen (secondary N) is 1. The number of benzene rings is 2. The van der Waals surface area contributed by atoms with Gasteiger partial charge in [-0.15, -0.1) is 0 Å². The van der Waals surface area contributed by atoms with Crippen LogP contribution in [0.15, 0.2) is 42.5 Å². The van der Waals surface area contributed by atoms with E-state index in [9.17, 15) is 39.6 Å². The lowest BCUT2D eigenvalue weighted by Crippen LogP contribution is -2.37. The first-order chi connectivity index (χ1) is 13.6. The molecule has 30 heavy (non-hydrogen) atoms. The number of alkyl halides is 6. The molecule has 0 bridgehead atoms. The van der Waals surface area contributed by atoms with Crippen LogP contribution in [-0.4, -0.2) is 27.1 Å². The van der Waals surface area contributed by atoms with E-state index in [1.165, 1.54) is 0 Å². The van der Waals surface area contributed by atoms with E-state index in [1.807, 2.05) is 0 Å². The van der Waals surface area contributed by atoms with Crippen molar-refractivity contribution in [2.24, 2.45) is 0 Å². The minimum Gasteiger partial charge on any atom is -0.325 e. The summed E-state index contributed by atoms with van der Waals surface area (Å²) in [6, 6.07) is 5.63. The lowest BCUT2D eigenvalue weighted by molar-refractivity contribution is -0.138. The van der Waals surface area contributed by atoms with Gasteiger partial charge in [0.25, 0.3) is 0 Å². The van der Waals surface area contributed by atoms with Gasteiger partial charge in [-0.05, 0) is 42.5 Å². The van der Waals surface area contributed by atoms with Crippen LogP contribution in [0.1, 0.15) is 11.1 Å². The second kappa shape index (κ2) is 8.34. The topological polar surface area (TPSA) is 66.5 Å². The van der Waals surface area contributed by atoms with Gasteiger partial charge in [0.1, 0.15) is 6.54 Å². The summed E-state index contributed by atoms with van der Waals surface area (Å²) in [6.07, 6.45) is -8.76. The minimum atomic E-state index is -4.86. The van der Waals surface area contributed by atoms with Crippen molar-refractivity contribution in [2.45, 2.75) is 12.4 Å². The summed E-state index contributed by atoms with van der Waals surface area (Å²) in [6.45, 7) is -0.918. The molecule has 0 fully saturated rings. The summed E-state index contributed by atoms with van der Waals surface area (Å²) in [4.78, 5) is 12.2.